The van der Waals surface area contributed by atoms with Gasteiger partial charge >= 0.3 is 0 Å². The Morgan fingerprint density at radius 3 is 2.23 bits per heavy atom. The number of hydrogen-bond donors (Lipinski definition) is 0. The van der Waals surface area contributed by atoms with Gasteiger partial charge in [0.05, 0.1) is 0 Å². The van der Waals surface area contributed by atoms with E-state index in [0.717, 1.165) is 36.4 Å². The maximum absolute atomic E-state index is 11.6. The van der Waals surface area contributed by atoms with Crippen molar-refractivity contribution in [3.63, 3.8) is 0 Å². The molecule has 6 atom stereocenters. The average molecular weight is 423 g/mol. The van der Waals surface area contributed by atoms with Crippen LogP contribution in [0.15, 0.2) is 24.3 Å². The highest BCUT2D eigenvalue weighted by atomic mass is 16.1. The van der Waals surface area contributed by atoms with Gasteiger partial charge in [0, 0.05) is 43.3 Å². The van der Waals surface area contributed by atoms with Crippen LogP contribution in [0, 0.1) is 11.8 Å². The first-order valence-corrected chi connectivity index (χ1v) is 13.2. The molecule has 5 rings (SSSR count). The molecule has 2 heterocycles. The number of carbonyl (C=O) groups is 1. The highest BCUT2D eigenvalue weighted by Gasteiger charge is 2.45. The molecule has 170 valence electrons. The predicted molar refractivity (Wildman–Crippen MR) is 129 cm³/mol. The monoisotopic (exact) mass is 422 g/mol. The van der Waals surface area contributed by atoms with Gasteiger partial charge in [0.15, 0.2) is 0 Å². The van der Waals surface area contributed by atoms with Crippen molar-refractivity contribution in [2.75, 3.05) is 11.9 Å². The molecule has 0 aromatic heterocycles. The van der Waals surface area contributed by atoms with Gasteiger partial charge < -0.3 is 9.69 Å². The van der Waals surface area contributed by atoms with Crippen molar-refractivity contribution in [2.45, 2.75) is 115 Å². The van der Waals surface area contributed by atoms with Crippen LogP contribution in [0.2, 0.25) is 0 Å². The molecule has 1 aromatic rings. The normalized spacial score (nSPS) is 35.5. The summed E-state index contributed by atoms with van der Waals surface area (Å²) in [6.07, 6.45) is 17.4. The average Bonchev–Trinajstić information content (AvgIpc) is 2.76. The third-order valence-corrected chi connectivity index (χ3v) is 9.20. The van der Waals surface area contributed by atoms with E-state index in [1.165, 1.54) is 81.9 Å². The first-order valence-electron chi connectivity index (χ1n) is 13.2. The topological polar surface area (TPSA) is 23.6 Å². The molecule has 3 nitrogen and oxygen atoms in total. The smallest absolute Gasteiger partial charge is 0.130 e. The van der Waals surface area contributed by atoms with Crippen molar-refractivity contribution in [2.24, 2.45) is 11.8 Å². The first kappa shape index (κ1) is 21.5. The van der Waals surface area contributed by atoms with Gasteiger partial charge in [-0.05, 0) is 81.8 Å². The van der Waals surface area contributed by atoms with Crippen LogP contribution in [-0.2, 0) is 11.2 Å². The van der Waals surface area contributed by atoms with Gasteiger partial charge in [-0.25, -0.2) is 0 Å². The quantitative estimate of drug-likeness (QED) is 0.562. The summed E-state index contributed by atoms with van der Waals surface area (Å²) < 4.78 is 0. The molecule has 0 amide bonds. The number of aryl methyl sites for hydroxylation is 1. The van der Waals surface area contributed by atoms with Crippen LogP contribution in [0.3, 0.4) is 0 Å². The number of carbonyl (C=O) groups excluding carboxylic acids is 1. The van der Waals surface area contributed by atoms with E-state index in [1.807, 2.05) is 0 Å². The summed E-state index contributed by atoms with van der Waals surface area (Å²) in [7, 11) is 2.31. The molecule has 31 heavy (non-hydrogen) atoms. The molecule has 0 spiro atoms. The molecule has 4 fully saturated rings. The molecule has 2 saturated heterocycles. The molecular formula is C28H42N2O. The number of fused-ring (bicyclic) bond motifs is 4. The van der Waals surface area contributed by atoms with Gasteiger partial charge in [-0.3, -0.25) is 4.90 Å². The number of piperidine rings is 2. The Morgan fingerprint density at radius 1 is 0.903 bits per heavy atom. The third kappa shape index (κ3) is 4.58. The summed E-state index contributed by atoms with van der Waals surface area (Å²) in [6, 6.07) is 11.9. The number of ketones is 1. The summed E-state index contributed by atoms with van der Waals surface area (Å²) in [5, 5.41) is 0. The first-order chi connectivity index (χ1) is 15.1. The Hall–Kier alpha value is -1.35. The minimum Gasteiger partial charge on any atom is -0.371 e. The van der Waals surface area contributed by atoms with E-state index in [-0.39, 0.29) is 5.78 Å². The molecule has 4 aliphatic rings. The van der Waals surface area contributed by atoms with Gasteiger partial charge in [0.2, 0.25) is 0 Å². The van der Waals surface area contributed by atoms with Crippen molar-refractivity contribution >= 4 is 11.5 Å². The Bertz CT molecular complexity index is 750. The number of para-hydroxylation sites is 1. The van der Waals surface area contributed by atoms with E-state index in [1.54, 1.807) is 6.92 Å². The van der Waals surface area contributed by atoms with Crippen LogP contribution in [0.1, 0.15) is 89.5 Å². The Morgan fingerprint density at radius 2 is 1.55 bits per heavy atom. The summed E-state index contributed by atoms with van der Waals surface area (Å²) in [6.45, 7) is 1.71. The van der Waals surface area contributed by atoms with E-state index < -0.39 is 0 Å². The Labute approximate surface area is 189 Å². The molecular weight excluding hydrogens is 380 g/mol. The molecule has 0 N–H and O–H groups in total. The van der Waals surface area contributed by atoms with E-state index in [9.17, 15) is 4.79 Å². The van der Waals surface area contributed by atoms with Gasteiger partial charge in [-0.15, -0.1) is 0 Å². The van der Waals surface area contributed by atoms with E-state index in [4.69, 9.17) is 0 Å². The molecule has 2 saturated carbocycles. The van der Waals surface area contributed by atoms with Crippen molar-refractivity contribution < 1.29 is 4.79 Å². The summed E-state index contributed by atoms with van der Waals surface area (Å²) in [5.74, 6) is 2.33. The standard InChI is InChI=1S/C28H42N2O/c1-20(31)13-14-23-9-3-4-12-28(23)29(2)26-18-24-10-6-11-25(19-26)30(24)27-16-21-7-5-8-22(15-21)17-27/h3-4,9,12,21-22,24-27H,5-8,10-11,13-19H2,1-2H3/t21-,22+,24-,25+,26?,27?. The zero-order valence-corrected chi connectivity index (χ0v) is 19.8. The lowest BCUT2D eigenvalue weighted by Gasteiger charge is -2.56. The minimum atomic E-state index is 0.289. The lowest BCUT2D eigenvalue weighted by atomic mass is 9.68. The molecule has 2 aliphatic carbocycles. The molecule has 2 aliphatic heterocycles. The van der Waals surface area contributed by atoms with Crippen molar-refractivity contribution in [3.8, 4) is 0 Å². The zero-order valence-electron chi connectivity index (χ0n) is 19.8. The van der Waals surface area contributed by atoms with Crippen LogP contribution in [0.25, 0.3) is 0 Å². The fraction of sp³-hybridized carbons (Fsp3) is 0.750. The van der Waals surface area contributed by atoms with Crippen LogP contribution in [0.5, 0.6) is 0 Å². The maximum atomic E-state index is 11.6. The summed E-state index contributed by atoms with van der Waals surface area (Å²) in [5.41, 5.74) is 2.69. The number of benzene rings is 1. The van der Waals surface area contributed by atoms with E-state index in [2.05, 4.69) is 41.1 Å². The van der Waals surface area contributed by atoms with Gasteiger partial charge in [0.25, 0.3) is 0 Å². The highest BCUT2D eigenvalue weighted by molar-refractivity contribution is 5.76. The van der Waals surface area contributed by atoms with Crippen molar-refractivity contribution in [1.29, 1.82) is 0 Å². The minimum absolute atomic E-state index is 0.289. The maximum Gasteiger partial charge on any atom is 0.130 e. The zero-order chi connectivity index (χ0) is 21.4. The van der Waals surface area contributed by atoms with E-state index in [0.29, 0.717) is 12.5 Å². The van der Waals surface area contributed by atoms with Crippen LogP contribution in [0.4, 0.5) is 5.69 Å². The Kier molecular flexibility index (Phi) is 6.42. The fourth-order valence-electron chi connectivity index (χ4n) is 7.81. The summed E-state index contributed by atoms with van der Waals surface area (Å²) >= 11 is 0. The number of anilines is 1. The lowest BCUT2D eigenvalue weighted by Crippen LogP contribution is -2.61. The SMILES string of the molecule is CC(=O)CCc1ccccc1N(C)C1C[C@H]2CCC[C@@H](C1)N2C1C[C@H]2CCC[C@@H](C1)C2. The summed E-state index contributed by atoms with van der Waals surface area (Å²) in [4.78, 5) is 17.2. The van der Waals surface area contributed by atoms with Crippen molar-refractivity contribution in [1.82, 2.24) is 4.90 Å². The largest absolute Gasteiger partial charge is 0.371 e. The van der Waals surface area contributed by atoms with Crippen molar-refractivity contribution in [3.05, 3.63) is 29.8 Å². The molecule has 4 bridgehead atoms. The van der Waals surface area contributed by atoms with Gasteiger partial charge in [0.1, 0.15) is 5.78 Å². The molecule has 0 radical (unpaired) electrons. The second-order valence-electron chi connectivity index (χ2n) is 11.3. The highest BCUT2D eigenvalue weighted by Crippen LogP contribution is 2.46. The number of nitrogens with zero attached hydrogens (tertiary/aromatic N) is 2. The third-order valence-electron chi connectivity index (χ3n) is 9.20. The fourth-order valence-corrected chi connectivity index (χ4v) is 7.81. The second-order valence-corrected chi connectivity index (χ2v) is 11.3. The Balaban J connectivity index is 1.30. The molecule has 1 aromatic carbocycles. The van der Waals surface area contributed by atoms with Crippen LogP contribution < -0.4 is 4.90 Å². The van der Waals surface area contributed by atoms with Crippen LogP contribution in [-0.4, -0.2) is 41.9 Å². The predicted octanol–water partition coefficient (Wildman–Crippen LogP) is 6.00. The molecule has 3 heteroatoms. The second kappa shape index (κ2) is 9.25. The van der Waals surface area contributed by atoms with E-state index >= 15 is 0 Å². The number of rotatable bonds is 6. The number of Topliss-reactive ketones (excluding diaryl/α,β-unsaturated/α-hetero) is 1. The van der Waals surface area contributed by atoms with Gasteiger partial charge in [-0.2, -0.15) is 0 Å². The lowest BCUT2D eigenvalue weighted by molar-refractivity contribution is -0.116. The molecule has 2 unspecified atom stereocenters. The van der Waals surface area contributed by atoms with Crippen LogP contribution >= 0.6 is 0 Å². The van der Waals surface area contributed by atoms with Gasteiger partial charge in [-0.1, -0.05) is 43.9 Å². The number of hydrogen-bond acceptors (Lipinski definition) is 3.